The van der Waals surface area contributed by atoms with Crippen LogP contribution in [0.4, 0.5) is 0 Å². The van der Waals surface area contributed by atoms with E-state index in [4.69, 9.17) is 48.6 Å². The van der Waals surface area contributed by atoms with Gasteiger partial charge in [0.05, 0.1) is 33.4 Å². The van der Waals surface area contributed by atoms with E-state index in [1.807, 2.05) is 71.2 Å². The second-order valence-electron chi connectivity index (χ2n) is 18.8. The number of benzene rings is 9. The standard InChI is InChI=1S/C32H16ClN3OS.C22H12NS.C10H4Cl2N2O/c33-32-34-30(27-20-12-4-7-15-23(20)37-31(27)35-32)36-22-14-6-3-11-19(22)25-26-21-13-5-8-16-24(21)38-29(26)18-10-2-1-9-17(18)28(25)36;1-2-8-14-13(7-1)21-19(15-9-3-5-11-17(15)23-21)20-16-10-4-6-12-18(16)24-22(14)20;11-8-7-5-3-1-2-4-6(5)15-9(7)14-10(12)13-8/h1-16H;1,3-12,23H;1-4H/q;+1;. The van der Waals surface area contributed by atoms with E-state index < -0.39 is 0 Å². The molecule has 0 aliphatic heterocycles. The second-order valence-corrected chi connectivity index (χ2v) is 21.9. The number of allylic oxidation sites excluding steroid dienone is 2. The van der Waals surface area contributed by atoms with E-state index in [1.54, 1.807) is 0 Å². The molecule has 1 aliphatic rings. The first-order chi connectivity index (χ1) is 37.9. The van der Waals surface area contributed by atoms with Crippen molar-refractivity contribution in [3.8, 4) is 5.82 Å². The maximum atomic E-state index is 6.55. The van der Waals surface area contributed by atoms with Crippen molar-refractivity contribution in [1.29, 1.82) is 0 Å². The van der Waals surface area contributed by atoms with Crippen LogP contribution in [0.15, 0.2) is 185 Å². The third-order valence-corrected chi connectivity index (χ3v) is 17.7. The van der Waals surface area contributed by atoms with Crippen molar-refractivity contribution in [2.75, 3.05) is 0 Å². The zero-order valence-corrected chi connectivity index (χ0v) is 43.8. The van der Waals surface area contributed by atoms with Crippen molar-refractivity contribution in [1.82, 2.24) is 29.5 Å². The van der Waals surface area contributed by atoms with Gasteiger partial charge in [0, 0.05) is 90.3 Å². The molecular formula is C64H32Cl3N6O2S2+. The summed E-state index contributed by atoms with van der Waals surface area (Å²) in [4.78, 5) is 20.8. The minimum Gasteiger partial charge on any atom is -0.437 e. The topological polar surface area (TPSA) is 98.6 Å². The van der Waals surface area contributed by atoms with Crippen molar-refractivity contribution >= 4 is 208 Å². The fraction of sp³-hybridized carbons (Fsp3) is 0. The molecule has 0 bridgehead atoms. The monoisotopic (exact) mass is 1090 g/mol. The molecule has 0 radical (unpaired) electrons. The van der Waals surface area contributed by atoms with Crippen LogP contribution in [0, 0.1) is 6.08 Å². The minimum absolute atomic E-state index is 0.0894. The Morgan fingerprint density at radius 1 is 0.455 bits per heavy atom. The Morgan fingerprint density at radius 2 is 1.00 bits per heavy atom. The van der Waals surface area contributed by atoms with Gasteiger partial charge in [0.1, 0.15) is 44.3 Å². The molecule has 0 spiro atoms. The zero-order chi connectivity index (χ0) is 51.0. The summed E-state index contributed by atoms with van der Waals surface area (Å²) in [5, 5.41) is 16.7. The molecule has 8 nitrogen and oxygen atoms in total. The van der Waals surface area contributed by atoms with E-state index in [-0.39, 0.29) is 10.6 Å². The summed E-state index contributed by atoms with van der Waals surface area (Å²) in [6, 6.07) is 58.8. The van der Waals surface area contributed by atoms with E-state index in [1.165, 1.54) is 94.8 Å². The molecule has 362 valence electrons. The lowest BCUT2D eigenvalue weighted by molar-refractivity contribution is 0.652. The lowest BCUT2D eigenvalue weighted by atomic mass is 9.95. The molecule has 0 fully saturated rings. The lowest BCUT2D eigenvalue weighted by Crippen LogP contribution is -2.00. The van der Waals surface area contributed by atoms with Gasteiger partial charge in [0.25, 0.3) is 0 Å². The summed E-state index contributed by atoms with van der Waals surface area (Å²) in [6.45, 7) is 0. The molecule has 1 aliphatic carbocycles. The molecule has 13 heteroatoms. The van der Waals surface area contributed by atoms with Gasteiger partial charge in [-0.3, -0.25) is 4.57 Å². The van der Waals surface area contributed by atoms with Crippen molar-refractivity contribution in [3.05, 3.63) is 209 Å². The number of hydrogen-bond acceptors (Lipinski definition) is 8. The molecule has 0 unspecified atom stereocenters. The van der Waals surface area contributed by atoms with Crippen molar-refractivity contribution in [2.24, 2.45) is 0 Å². The number of aromatic nitrogens is 6. The lowest BCUT2D eigenvalue weighted by Gasteiger charge is -2.11. The number of halogens is 3. The maximum Gasteiger partial charge on any atom is 0.233 e. The highest BCUT2D eigenvalue weighted by Crippen LogP contribution is 2.50. The van der Waals surface area contributed by atoms with Gasteiger partial charge in [-0.05, 0) is 59.6 Å². The third-order valence-electron chi connectivity index (χ3n) is 14.6. The van der Waals surface area contributed by atoms with Crippen LogP contribution in [0.5, 0.6) is 0 Å². The molecule has 18 rings (SSSR count). The van der Waals surface area contributed by atoms with E-state index in [2.05, 4.69) is 170 Å². The third kappa shape index (κ3) is 6.68. The minimum atomic E-state index is 0.0894. The van der Waals surface area contributed by atoms with Gasteiger partial charge >= 0.3 is 0 Å². The summed E-state index contributed by atoms with van der Waals surface area (Å²) in [5.74, 6) is 0.722. The number of nitrogens with zero attached hydrogens (tertiary/aromatic N) is 5. The highest BCUT2D eigenvalue weighted by Gasteiger charge is 2.27. The van der Waals surface area contributed by atoms with Crippen LogP contribution in [-0.2, 0) is 0 Å². The van der Waals surface area contributed by atoms with Crippen LogP contribution >= 0.6 is 57.5 Å². The van der Waals surface area contributed by atoms with Crippen molar-refractivity contribution in [3.63, 3.8) is 0 Å². The van der Waals surface area contributed by atoms with E-state index in [0.29, 0.717) is 22.0 Å². The Bertz CT molecular complexity index is 5320. The Hall–Kier alpha value is -8.70. The highest BCUT2D eigenvalue weighted by atomic mass is 35.5. The van der Waals surface area contributed by atoms with Gasteiger partial charge in [-0.25, -0.2) is 4.98 Å². The average molecular weight is 1090 g/mol. The van der Waals surface area contributed by atoms with Crippen LogP contribution < -0.4 is 0 Å². The Kier molecular flexibility index (Phi) is 9.94. The Labute approximate surface area is 458 Å². The number of rotatable bonds is 1. The van der Waals surface area contributed by atoms with Crippen molar-refractivity contribution < 1.29 is 8.83 Å². The maximum absolute atomic E-state index is 6.55. The Morgan fingerprint density at radius 3 is 1.73 bits per heavy atom. The average Bonchev–Trinajstić information content (AvgIpc) is 4.48. The fourth-order valence-electron chi connectivity index (χ4n) is 11.6. The van der Waals surface area contributed by atoms with Gasteiger partial charge in [0.15, 0.2) is 5.82 Å². The van der Waals surface area contributed by atoms with Crippen LogP contribution in [0.3, 0.4) is 0 Å². The first kappa shape index (κ1) is 44.6. The first-order valence-corrected chi connectivity index (χ1v) is 27.5. The van der Waals surface area contributed by atoms with E-state index in [0.717, 1.165) is 44.2 Å². The van der Waals surface area contributed by atoms with E-state index >= 15 is 0 Å². The SMILES string of the molecule is Clc1nc(-n2c3ccccc3c3c4c5ccccc5sc4c4ccccc4c32)c2c(n1)oc1ccccc12.Clc1nc(Cl)c2c(n1)oc1ccccc12.[C+]1=Cc2c(c3[nH]c4ccccc4c3c3c2sc2ccccc23)C=C1. The predicted molar refractivity (Wildman–Crippen MR) is 324 cm³/mol. The molecule has 0 saturated heterocycles. The molecule has 9 aromatic carbocycles. The molecular weight excluding hydrogens is 1060 g/mol. The van der Waals surface area contributed by atoms with Gasteiger partial charge in [0.2, 0.25) is 22.0 Å². The second kappa shape index (κ2) is 17.2. The molecule has 1 N–H and O–H groups in total. The first-order valence-electron chi connectivity index (χ1n) is 24.7. The highest BCUT2D eigenvalue weighted by molar-refractivity contribution is 7.27. The summed E-state index contributed by atoms with van der Waals surface area (Å²) in [7, 11) is 0. The summed E-state index contributed by atoms with van der Waals surface area (Å²) < 4.78 is 19.2. The number of thiophene rings is 2. The van der Waals surface area contributed by atoms with E-state index in [9.17, 15) is 0 Å². The Balaban J connectivity index is 0.000000108. The normalized spacial score (nSPS) is 12.4. The zero-order valence-electron chi connectivity index (χ0n) is 39.9. The number of furan rings is 2. The number of H-pyrrole nitrogens is 1. The van der Waals surface area contributed by atoms with Gasteiger partial charge in [-0.2, -0.15) is 15.0 Å². The molecule has 8 aromatic heterocycles. The summed E-state index contributed by atoms with van der Waals surface area (Å²) >= 11 is 22.0. The molecule has 0 saturated carbocycles. The molecule has 0 atom stereocenters. The van der Waals surface area contributed by atoms with Gasteiger partial charge in [-0.1, -0.05) is 145 Å². The smallest absolute Gasteiger partial charge is 0.233 e. The molecule has 77 heavy (non-hydrogen) atoms. The molecule has 0 amide bonds. The largest absolute Gasteiger partial charge is 0.437 e. The number of fused-ring (bicyclic) bond motifs is 26. The molecule has 8 heterocycles. The summed E-state index contributed by atoms with van der Waals surface area (Å²) in [6.07, 6.45) is 9.57. The van der Waals surface area contributed by atoms with Crippen LogP contribution in [-0.4, -0.2) is 29.5 Å². The fourth-order valence-corrected chi connectivity index (χ4v) is 14.7. The van der Waals surface area contributed by atoms with Crippen LogP contribution in [0.1, 0.15) is 11.1 Å². The number of nitrogens with one attached hydrogen (secondary N) is 1. The predicted octanol–water partition coefficient (Wildman–Crippen LogP) is 19.9. The quantitative estimate of drug-likeness (QED) is 0.0999. The molecule has 17 aromatic rings. The number of aromatic amines is 1. The number of hydrogen-bond donors (Lipinski definition) is 1. The number of para-hydroxylation sites is 4. The van der Waals surface area contributed by atoms with Crippen LogP contribution in [0.2, 0.25) is 15.7 Å². The van der Waals surface area contributed by atoms with Gasteiger partial charge < -0.3 is 13.8 Å². The van der Waals surface area contributed by atoms with Crippen molar-refractivity contribution in [2.45, 2.75) is 0 Å². The summed E-state index contributed by atoms with van der Waals surface area (Å²) in [5.41, 5.74) is 9.56. The van der Waals surface area contributed by atoms with Crippen LogP contribution in [0.25, 0.3) is 157 Å². The van der Waals surface area contributed by atoms with Gasteiger partial charge in [-0.15, -0.1) is 22.7 Å².